The van der Waals surface area contributed by atoms with Crippen LogP contribution in [0.5, 0.6) is 0 Å². The fourth-order valence-corrected chi connectivity index (χ4v) is 1.77. The number of anilines is 1. The molecule has 0 unspecified atom stereocenters. The first-order valence-corrected chi connectivity index (χ1v) is 6.70. The summed E-state index contributed by atoms with van der Waals surface area (Å²) in [6.45, 7) is 9.52. The molecule has 1 N–H and O–H groups in total. The molecule has 0 radical (unpaired) electrons. The molecule has 110 valence electrons. The smallest absolute Gasteiger partial charge is 0.306 e. The van der Waals surface area contributed by atoms with Crippen LogP contribution < -0.4 is 5.32 Å². The van der Waals surface area contributed by atoms with E-state index in [4.69, 9.17) is 4.74 Å². The Morgan fingerprint density at radius 3 is 2.40 bits per heavy atom. The Balaban J connectivity index is 2.46. The zero-order chi connectivity index (χ0) is 15.3. The van der Waals surface area contributed by atoms with Gasteiger partial charge in [0.15, 0.2) is 6.61 Å². The molecule has 1 aromatic rings. The second-order valence-electron chi connectivity index (χ2n) is 6.26. The van der Waals surface area contributed by atoms with Crippen LogP contribution in [0.15, 0.2) is 18.2 Å². The van der Waals surface area contributed by atoms with Crippen LogP contribution in [0.1, 0.15) is 38.3 Å². The van der Waals surface area contributed by atoms with Crippen molar-refractivity contribution in [2.24, 2.45) is 5.41 Å². The average molecular weight is 277 g/mol. The summed E-state index contributed by atoms with van der Waals surface area (Å²) in [5.74, 6) is -0.674. The van der Waals surface area contributed by atoms with Crippen molar-refractivity contribution in [2.45, 2.75) is 41.0 Å². The van der Waals surface area contributed by atoms with Gasteiger partial charge in [-0.25, -0.2) is 0 Å². The van der Waals surface area contributed by atoms with Crippen LogP contribution in [0.3, 0.4) is 0 Å². The van der Waals surface area contributed by atoms with Crippen LogP contribution >= 0.6 is 0 Å². The lowest BCUT2D eigenvalue weighted by Gasteiger charge is -2.16. The van der Waals surface area contributed by atoms with Gasteiger partial charge in [0.25, 0.3) is 5.91 Å². The van der Waals surface area contributed by atoms with Crippen molar-refractivity contribution in [2.75, 3.05) is 11.9 Å². The van der Waals surface area contributed by atoms with E-state index in [1.165, 1.54) is 0 Å². The lowest BCUT2D eigenvalue weighted by molar-refractivity contribution is -0.149. The number of rotatable bonds is 4. The van der Waals surface area contributed by atoms with Gasteiger partial charge in [-0.05, 0) is 30.9 Å². The van der Waals surface area contributed by atoms with Crippen molar-refractivity contribution in [3.05, 3.63) is 29.3 Å². The van der Waals surface area contributed by atoms with Gasteiger partial charge in [0.1, 0.15) is 0 Å². The number of carbonyl (C=O) groups excluding carboxylic acids is 2. The van der Waals surface area contributed by atoms with Gasteiger partial charge >= 0.3 is 5.97 Å². The van der Waals surface area contributed by atoms with Crippen molar-refractivity contribution in [3.63, 3.8) is 0 Å². The highest BCUT2D eigenvalue weighted by Crippen LogP contribution is 2.19. The lowest BCUT2D eigenvalue weighted by Crippen LogP contribution is -2.23. The Bertz CT molecular complexity index is 501. The van der Waals surface area contributed by atoms with E-state index in [2.05, 4.69) is 5.32 Å². The topological polar surface area (TPSA) is 55.4 Å². The third kappa shape index (κ3) is 5.87. The minimum Gasteiger partial charge on any atom is -0.456 e. The molecule has 20 heavy (non-hydrogen) atoms. The summed E-state index contributed by atoms with van der Waals surface area (Å²) in [6, 6.07) is 5.76. The fraction of sp³-hybridized carbons (Fsp3) is 0.500. The highest BCUT2D eigenvalue weighted by Gasteiger charge is 2.18. The number of nitrogens with one attached hydrogen (secondary N) is 1. The molecule has 1 rings (SSSR count). The first-order chi connectivity index (χ1) is 9.17. The lowest BCUT2D eigenvalue weighted by atomic mass is 9.92. The molecule has 0 spiro atoms. The Morgan fingerprint density at radius 1 is 1.20 bits per heavy atom. The molecule has 0 heterocycles. The Kier molecular flexibility index (Phi) is 5.31. The fourth-order valence-electron chi connectivity index (χ4n) is 1.77. The van der Waals surface area contributed by atoms with E-state index >= 15 is 0 Å². The van der Waals surface area contributed by atoms with Crippen molar-refractivity contribution in [1.82, 2.24) is 0 Å². The van der Waals surface area contributed by atoms with Gasteiger partial charge in [0.2, 0.25) is 0 Å². The Hall–Kier alpha value is -1.84. The molecule has 0 aliphatic heterocycles. The summed E-state index contributed by atoms with van der Waals surface area (Å²) in [6.07, 6.45) is 0.295. The van der Waals surface area contributed by atoms with Gasteiger partial charge in [-0.2, -0.15) is 0 Å². The molecule has 0 saturated carbocycles. The van der Waals surface area contributed by atoms with Crippen LogP contribution in [0.25, 0.3) is 0 Å². The van der Waals surface area contributed by atoms with Crippen molar-refractivity contribution >= 4 is 17.6 Å². The number of hydrogen-bond donors (Lipinski definition) is 1. The summed E-state index contributed by atoms with van der Waals surface area (Å²) in [5.41, 5.74) is 2.73. The Morgan fingerprint density at radius 2 is 1.85 bits per heavy atom. The van der Waals surface area contributed by atoms with Crippen LogP contribution in [0.4, 0.5) is 5.69 Å². The summed E-state index contributed by atoms with van der Waals surface area (Å²) < 4.78 is 4.96. The van der Waals surface area contributed by atoms with Crippen LogP contribution in [-0.4, -0.2) is 18.5 Å². The van der Waals surface area contributed by atoms with E-state index in [0.29, 0.717) is 6.42 Å². The van der Waals surface area contributed by atoms with Crippen molar-refractivity contribution in [1.29, 1.82) is 0 Å². The number of ether oxygens (including phenoxy) is 1. The summed E-state index contributed by atoms with van der Waals surface area (Å²) in [7, 11) is 0. The van der Waals surface area contributed by atoms with E-state index in [1.807, 2.05) is 52.8 Å². The zero-order valence-corrected chi connectivity index (χ0v) is 12.9. The second-order valence-corrected chi connectivity index (χ2v) is 6.26. The maximum Gasteiger partial charge on any atom is 0.306 e. The highest BCUT2D eigenvalue weighted by molar-refractivity contribution is 5.93. The zero-order valence-electron chi connectivity index (χ0n) is 12.9. The van der Waals surface area contributed by atoms with E-state index in [-0.39, 0.29) is 23.9 Å². The van der Waals surface area contributed by atoms with E-state index in [0.717, 1.165) is 16.8 Å². The number of esters is 1. The maximum absolute atomic E-state index is 11.7. The van der Waals surface area contributed by atoms with Gasteiger partial charge in [-0.15, -0.1) is 0 Å². The van der Waals surface area contributed by atoms with Crippen LogP contribution in [-0.2, 0) is 14.3 Å². The van der Waals surface area contributed by atoms with Crippen molar-refractivity contribution in [3.8, 4) is 0 Å². The number of carbonyl (C=O) groups is 2. The molecule has 0 atom stereocenters. The van der Waals surface area contributed by atoms with Crippen LogP contribution in [0, 0.1) is 19.3 Å². The average Bonchev–Trinajstić information content (AvgIpc) is 2.28. The standard InChI is InChI=1S/C16H23NO3/c1-11-6-7-13(12(2)8-11)17-14(18)10-20-15(19)9-16(3,4)5/h6-8H,9-10H2,1-5H3,(H,17,18). The predicted molar refractivity (Wildman–Crippen MR) is 79.6 cm³/mol. The largest absolute Gasteiger partial charge is 0.456 e. The molecule has 0 saturated heterocycles. The first-order valence-electron chi connectivity index (χ1n) is 6.70. The predicted octanol–water partition coefficient (Wildman–Crippen LogP) is 3.22. The molecule has 0 aliphatic carbocycles. The minimum absolute atomic E-state index is 0.138. The minimum atomic E-state index is -0.353. The number of benzene rings is 1. The number of hydrogen-bond acceptors (Lipinski definition) is 3. The molecule has 1 aromatic carbocycles. The summed E-state index contributed by atoms with van der Waals surface area (Å²) in [4.78, 5) is 23.3. The van der Waals surface area contributed by atoms with E-state index in [9.17, 15) is 9.59 Å². The maximum atomic E-state index is 11.7. The number of amides is 1. The van der Waals surface area contributed by atoms with Gasteiger partial charge in [0, 0.05) is 5.69 Å². The molecular formula is C16H23NO3. The van der Waals surface area contributed by atoms with Gasteiger partial charge in [0.05, 0.1) is 6.42 Å². The molecule has 0 aromatic heterocycles. The molecule has 1 amide bonds. The molecule has 0 aliphatic rings. The third-order valence-corrected chi connectivity index (χ3v) is 2.69. The molecule has 4 heteroatoms. The molecule has 4 nitrogen and oxygen atoms in total. The van der Waals surface area contributed by atoms with Crippen molar-refractivity contribution < 1.29 is 14.3 Å². The van der Waals surface area contributed by atoms with Gasteiger partial charge in [-0.3, -0.25) is 9.59 Å². The SMILES string of the molecule is Cc1ccc(NC(=O)COC(=O)CC(C)(C)C)c(C)c1. The molecule has 0 fully saturated rings. The second kappa shape index (κ2) is 6.55. The normalized spacial score (nSPS) is 11.1. The van der Waals surface area contributed by atoms with Crippen LogP contribution in [0.2, 0.25) is 0 Å². The van der Waals surface area contributed by atoms with E-state index < -0.39 is 0 Å². The molecular weight excluding hydrogens is 254 g/mol. The monoisotopic (exact) mass is 277 g/mol. The number of aryl methyl sites for hydroxylation is 2. The van der Waals surface area contributed by atoms with E-state index in [1.54, 1.807) is 0 Å². The van der Waals surface area contributed by atoms with Gasteiger partial charge < -0.3 is 10.1 Å². The summed E-state index contributed by atoms with van der Waals surface area (Å²) >= 11 is 0. The summed E-state index contributed by atoms with van der Waals surface area (Å²) in [5, 5.41) is 2.74. The third-order valence-electron chi connectivity index (χ3n) is 2.69. The first kappa shape index (κ1) is 16.2. The quantitative estimate of drug-likeness (QED) is 0.860. The highest BCUT2D eigenvalue weighted by atomic mass is 16.5. The van der Waals surface area contributed by atoms with Gasteiger partial charge in [-0.1, -0.05) is 38.5 Å². The Labute approximate surface area is 120 Å². The molecule has 0 bridgehead atoms.